The van der Waals surface area contributed by atoms with E-state index in [1.165, 1.54) is 6.33 Å². The third-order valence-electron chi connectivity index (χ3n) is 7.75. The average molecular weight is 513 g/mol. The summed E-state index contributed by atoms with van der Waals surface area (Å²) in [5, 5.41) is 1.40. The van der Waals surface area contributed by atoms with Gasteiger partial charge in [-0.2, -0.15) is 0 Å². The van der Waals surface area contributed by atoms with Crippen LogP contribution < -0.4 is 5.73 Å². The lowest BCUT2D eigenvalue weighted by atomic mass is 10.2. The van der Waals surface area contributed by atoms with Crippen LogP contribution in [0.4, 0.5) is 5.82 Å². The molecule has 0 bridgehead atoms. The Kier molecular flexibility index (Phi) is 7.19. The van der Waals surface area contributed by atoms with Gasteiger partial charge < -0.3 is 23.9 Å². The number of aromatic nitrogens is 3. The molecular formula is C23H41ClN4O3Si2. The van der Waals surface area contributed by atoms with Crippen molar-refractivity contribution in [1.29, 1.82) is 0 Å². The molecule has 0 aromatic carbocycles. The number of nitrogen functional groups attached to an aromatic ring is 1. The molecule has 0 saturated carbocycles. The Morgan fingerprint density at radius 1 is 1.09 bits per heavy atom. The van der Waals surface area contributed by atoms with E-state index in [2.05, 4.69) is 77.7 Å². The summed E-state index contributed by atoms with van der Waals surface area (Å²) in [5.74, 6) is 0.369. The smallest absolute Gasteiger partial charge is 0.192 e. The van der Waals surface area contributed by atoms with Gasteiger partial charge in [-0.15, -0.1) is 0 Å². The molecule has 0 amide bonds. The number of rotatable bonds is 6. The molecule has 2 N–H and O–H groups in total. The highest BCUT2D eigenvalue weighted by Gasteiger charge is 2.46. The maximum absolute atomic E-state index is 6.87. The molecule has 0 spiro atoms. The molecular weight excluding hydrogens is 472 g/mol. The molecule has 0 radical (unpaired) electrons. The Balaban J connectivity index is 1.91. The molecule has 1 aliphatic rings. The summed E-state index contributed by atoms with van der Waals surface area (Å²) < 4.78 is 22.0. The third kappa shape index (κ3) is 5.33. The first-order valence-corrected chi connectivity index (χ1v) is 17.9. The summed E-state index contributed by atoms with van der Waals surface area (Å²) in [7, 11) is -3.95. The van der Waals surface area contributed by atoms with Crippen LogP contribution in [0.5, 0.6) is 0 Å². The van der Waals surface area contributed by atoms with Crippen LogP contribution in [0.3, 0.4) is 0 Å². The van der Waals surface area contributed by atoms with Crippen molar-refractivity contribution in [3.05, 3.63) is 17.5 Å². The first-order chi connectivity index (χ1) is 14.9. The highest BCUT2D eigenvalue weighted by atomic mass is 35.5. The van der Waals surface area contributed by atoms with E-state index in [0.29, 0.717) is 34.9 Å². The molecule has 3 heterocycles. The van der Waals surface area contributed by atoms with E-state index >= 15 is 0 Å². The van der Waals surface area contributed by atoms with Gasteiger partial charge in [-0.25, -0.2) is 9.97 Å². The maximum atomic E-state index is 6.87. The van der Waals surface area contributed by atoms with Crippen molar-refractivity contribution in [1.82, 2.24) is 14.5 Å². The zero-order chi connectivity index (χ0) is 25.0. The number of hydrogen-bond donors (Lipinski definition) is 1. The molecule has 3 atom stereocenters. The van der Waals surface area contributed by atoms with Crippen molar-refractivity contribution in [3.8, 4) is 0 Å². The van der Waals surface area contributed by atoms with Gasteiger partial charge in [0.1, 0.15) is 30.1 Å². The normalized spacial score (nSPS) is 22.9. The zero-order valence-electron chi connectivity index (χ0n) is 21.8. The van der Waals surface area contributed by atoms with Crippen LogP contribution in [0.2, 0.25) is 41.3 Å². The second-order valence-electron chi connectivity index (χ2n) is 12.2. The molecule has 1 aliphatic heterocycles. The standard InChI is InChI=1S/C23H41ClN4O3Si2/c1-22(2,3)32(7,8)29-13-17-16(31-33(9,10)23(4,5)6)11-18(30-17)28-12-15(24)19-20(25)26-14-27-21(19)28/h12,14,16-18H,11,13H2,1-10H3,(H2,25,26,27)/t16?,17?,18-/m1/s1. The van der Waals surface area contributed by atoms with E-state index in [0.717, 1.165) is 0 Å². The van der Waals surface area contributed by atoms with Crippen LogP contribution in [-0.2, 0) is 13.6 Å². The van der Waals surface area contributed by atoms with E-state index in [1.807, 2.05) is 10.8 Å². The highest BCUT2D eigenvalue weighted by molar-refractivity contribution is 6.74. The Bertz CT molecular complexity index is 998. The molecule has 186 valence electrons. The van der Waals surface area contributed by atoms with E-state index < -0.39 is 16.6 Å². The van der Waals surface area contributed by atoms with E-state index in [9.17, 15) is 0 Å². The lowest BCUT2D eigenvalue weighted by molar-refractivity contribution is -0.0381. The maximum Gasteiger partial charge on any atom is 0.192 e. The molecule has 1 saturated heterocycles. The van der Waals surface area contributed by atoms with Gasteiger partial charge in [-0.3, -0.25) is 0 Å². The molecule has 2 aromatic heterocycles. The van der Waals surface area contributed by atoms with Gasteiger partial charge in [0.2, 0.25) is 0 Å². The van der Waals surface area contributed by atoms with Crippen molar-refractivity contribution < 1.29 is 13.6 Å². The number of hydrogen-bond acceptors (Lipinski definition) is 6. The van der Waals surface area contributed by atoms with Crippen molar-refractivity contribution in [3.63, 3.8) is 0 Å². The molecule has 1 fully saturated rings. The minimum Gasteiger partial charge on any atom is -0.414 e. The number of fused-ring (bicyclic) bond motifs is 1. The summed E-state index contributed by atoms with van der Waals surface area (Å²) in [5.41, 5.74) is 6.74. The largest absolute Gasteiger partial charge is 0.414 e. The average Bonchev–Trinajstić information content (AvgIpc) is 3.19. The fourth-order valence-corrected chi connectivity index (χ4v) is 6.15. The minimum atomic E-state index is -2.02. The Morgan fingerprint density at radius 3 is 2.27 bits per heavy atom. The van der Waals surface area contributed by atoms with E-state index in [4.69, 9.17) is 30.9 Å². The topological polar surface area (TPSA) is 84.4 Å². The second-order valence-corrected chi connectivity index (χ2v) is 22.2. The Hall–Kier alpha value is -0.976. The van der Waals surface area contributed by atoms with Crippen LogP contribution in [-0.4, -0.2) is 50.0 Å². The fraction of sp³-hybridized carbons (Fsp3) is 0.739. The molecule has 7 nitrogen and oxygen atoms in total. The van der Waals surface area contributed by atoms with Crippen LogP contribution >= 0.6 is 11.6 Å². The quantitative estimate of drug-likeness (QED) is 0.453. The van der Waals surface area contributed by atoms with Crippen LogP contribution in [0.25, 0.3) is 11.0 Å². The van der Waals surface area contributed by atoms with Crippen LogP contribution in [0.1, 0.15) is 54.2 Å². The van der Waals surface area contributed by atoms with Crippen molar-refractivity contribution in [2.45, 2.75) is 103 Å². The first kappa shape index (κ1) is 26.6. The number of nitrogens with two attached hydrogens (primary N) is 1. The zero-order valence-corrected chi connectivity index (χ0v) is 24.6. The van der Waals surface area contributed by atoms with Gasteiger partial charge >= 0.3 is 0 Å². The van der Waals surface area contributed by atoms with Gasteiger partial charge in [0.15, 0.2) is 16.6 Å². The molecule has 0 aliphatic carbocycles. The molecule has 2 unspecified atom stereocenters. The summed E-state index contributed by atoms with van der Waals surface area (Å²) in [4.78, 5) is 8.53. The third-order valence-corrected chi connectivity index (χ3v) is 17.0. The lowest BCUT2D eigenvalue weighted by Crippen LogP contribution is -2.48. The molecule has 3 rings (SSSR count). The second kappa shape index (κ2) is 8.91. The number of ether oxygens (including phenoxy) is 1. The Labute approximate surface area is 205 Å². The minimum absolute atomic E-state index is 0.0731. The monoisotopic (exact) mass is 512 g/mol. The van der Waals surface area contributed by atoms with Crippen molar-refractivity contribution >= 4 is 45.1 Å². The van der Waals surface area contributed by atoms with Gasteiger partial charge in [0.05, 0.1) is 23.1 Å². The number of halogens is 1. The predicted molar refractivity (Wildman–Crippen MR) is 141 cm³/mol. The molecule has 2 aromatic rings. The highest BCUT2D eigenvalue weighted by Crippen LogP contribution is 2.43. The fourth-order valence-electron chi connectivity index (χ4n) is 3.49. The van der Waals surface area contributed by atoms with E-state index in [-0.39, 0.29) is 28.5 Å². The summed E-state index contributed by atoms with van der Waals surface area (Å²) in [6, 6.07) is 0. The van der Waals surface area contributed by atoms with Gasteiger partial charge in [-0.1, -0.05) is 53.1 Å². The van der Waals surface area contributed by atoms with Crippen LogP contribution in [0, 0.1) is 0 Å². The van der Waals surface area contributed by atoms with Gasteiger partial charge in [0, 0.05) is 12.6 Å². The number of nitrogens with zero attached hydrogens (tertiary/aromatic N) is 3. The van der Waals surface area contributed by atoms with Gasteiger partial charge in [-0.05, 0) is 36.3 Å². The van der Waals surface area contributed by atoms with Gasteiger partial charge in [0.25, 0.3) is 0 Å². The first-order valence-electron chi connectivity index (χ1n) is 11.7. The number of anilines is 1. The summed E-state index contributed by atoms with van der Waals surface area (Å²) >= 11 is 6.49. The summed E-state index contributed by atoms with van der Waals surface area (Å²) in [6.45, 7) is 23.1. The van der Waals surface area contributed by atoms with Crippen molar-refractivity contribution in [2.75, 3.05) is 12.3 Å². The summed E-state index contributed by atoms with van der Waals surface area (Å²) in [6.07, 6.45) is 3.48. The predicted octanol–water partition coefficient (Wildman–Crippen LogP) is 6.37. The lowest BCUT2D eigenvalue weighted by Gasteiger charge is -2.40. The SMILES string of the molecule is CC(C)(C)[Si](C)(C)OCC1O[C@@H](n2cc(Cl)c3c(N)ncnc32)CC1O[Si](C)(C)C(C)(C)C. The molecule has 33 heavy (non-hydrogen) atoms. The molecule has 10 heteroatoms. The van der Waals surface area contributed by atoms with Crippen molar-refractivity contribution in [2.24, 2.45) is 0 Å². The van der Waals surface area contributed by atoms with Crippen LogP contribution in [0.15, 0.2) is 12.5 Å². The Morgan fingerprint density at radius 2 is 1.70 bits per heavy atom. The van der Waals surface area contributed by atoms with E-state index in [1.54, 1.807) is 0 Å².